The Morgan fingerprint density at radius 2 is 1.56 bits per heavy atom. The van der Waals surface area contributed by atoms with E-state index in [1.165, 1.54) is 11.4 Å². The molecule has 1 N–H and O–H groups in total. The molecule has 7 heteroatoms. The topological polar surface area (TPSA) is 75.7 Å². The van der Waals surface area contributed by atoms with Crippen molar-refractivity contribution in [1.29, 1.82) is 0 Å². The van der Waals surface area contributed by atoms with E-state index < -0.39 is 10.0 Å². The van der Waals surface area contributed by atoms with Gasteiger partial charge in [-0.1, -0.05) is 32.0 Å². The average molecular weight is 481 g/mol. The van der Waals surface area contributed by atoms with E-state index in [2.05, 4.69) is 25.2 Å². The second-order valence-corrected chi connectivity index (χ2v) is 10.6. The van der Waals surface area contributed by atoms with E-state index in [1.54, 1.807) is 61.7 Å². The first-order valence-corrected chi connectivity index (χ1v) is 12.6. The average Bonchev–Trinajstić information content (AvgIpc) is 2.83. The third-order valence-electron chi connectivity index (χ3n) is 5.95. The van der Waals surface area contributed by atoms with Gasteiger partial charge in [0, 0.05) is 12.6 Å². The highest BCUT2D eigenvalue weighted by atomic mass is 32.2. The minimum Gasteiger partial charge on any atom is -0.496 e. The molecule has 0 radical (unpaired) electrons. The van der Waals surface area contributed by atoms with Crippen LogP contribution in [-0.2, 0) is 10.0 Å². The monoisotopic (exact) mass is 480 g/mol. The molecule has 0 fully saturated rings. The van der Waals surface area contributed by atoms with Crippen molar-refractivity contribution in [3.8, 4) is 5.75 Å². The zero-order chi connectivity index (χ0) is 25.0. The first kappa shape index (κ1) is 25.3. The number of methoxy groups -OCH3 is 1. The fourth-order valence-corrected chi connectivity index (χ4v) is 5.10. The number of anilines is 1. The van der Waals surface area contributed by atoms with Crippen molar-refractivity contribution in [2.24, 2.45) is 0 Å². The molecule has 0 saturated heterocycles. The number of nitrogens with one attached hydrogen (secondary N) is 1. The van der Waals surface area contributed by atoms with Crippen LogP contribution in [0.15, 0.2) is 71.6 Å². The van der Waals surface area contributed by atoms with E-state index in [9.17, 15) is 13.2 Å². The van der Waals surface area contributed by atoms with Crippen molar-refractivity contribution in [2.45, 2.75) is 44.6 Å². The Kier molecular flexibility index (Phi) is 7.67. The molecule has 3 aromatic carbocycles. The Morgan fingerprint density at radius 1 is 0.941 bits per heavy atom. The van der Waals surface area contributed by atoms with Gasteiger partial charge < -0.3 is 10.1 Å². The summed E-state index contributed by atoms with van der Waals surface area (Å²) in [4.78, 5) is 13.1. The fraction of sp³-hybridized carbons (Fsp3) is 0.296. The molecule has 0 aliphatic rings. The minimum absolute atomic E-state index is 0.211. The number of benzene rings is 3. The van der Waals surface area contributed by atoms with E-state index in [1.807, 2.05) is 19.9 Å². The van der Waals surface area contributed by atoms with Crippen LogP contribution in [0.3, 0.4) is 0 Å². The quantitative estimate of drug-likeness (QED) is 0.466. The number of carbonyl (C=O) groups is 1. The van der Waals surface area contributed by atoms with Crippen LogP contribution in [0.2, 0.25) is 0 Å². The van der Waals surface area contributed by atoms with Crippen molar-refractivity contribution in [3.63, 3.8) is 0 Å². The van der Waals surface area contributed by atoms with Crippen molar-refractivity contribution >= 4 is 21.6 Å². The van der Waals surface area contributed by atoms with Crippen LogP contribution >= 0.6 is 0 Å². The van der Waals surface area contributed by atoms with Crippen LogP contribution in [0.5, 0.6) is 5.75 Å². The Hall–Kier alpha value is -3.32. The van der Waals surface area contributed by atoms with E-state index >= 15 is 0 Å². The number of carbonyl (C=O) groups excluding carboxylic acids is 1. The predicted molar refractivity (Wildman–Crippen MR) is 136 cm³/mol. The largest absolute Gasteiger partial charge is 0.496 e. The standard InChI is InChI=1S/C27H32N2O4S/c1-18(2)24-17-25(19(3)16-26(24)33-6)20(4)28-27(30)21-12-14-22(15-13-21)29(5)34(31,32)23-10-8-7-9-11-23/h7-18,20H,1-6H3,(H,28,30). The van der Waals surface area contributed by atoms with Gasteiger partial charge in [0.05, 0.1) is 23.7 Å². The van der Waals surface area contributed by atoms with Gasteiger partial charge in [0.2, 0.25) is 0 Å². The summed E-state index contributed by atoms with van der Waals surface area (Å²) in [5.41, 5.74) is 4.09. The van der Waals surface area contributed by atoms with Crippen LogP contribution in [0.25, 0.3) is 0 Å². The summed E-state index contributed by atoms with van der Waals surface area (Å²) >= 11 is 0. The molecular formula is C27H32N2O4S. The van der Waals surface area contributed by atoms with Gasteiger partial charge in [0.15, 0.2) is 0 Å². The van der Waals surface area contributed by atoms with Gasteiger partial charge in [-0.25, -0.2) is 8.42 Å². The maximum absolute atomic E-state index is 12.9. The van der Waals surface area contributed by atoms with Gasteiger partial charge in [0.25, 0.3) is 15.9 Å². The molecule has 0 aliphatic carbocycles. The molecule has 3 rings (SSSR count). The number of sulfonamides is 1. The van der Waals surface area contributed by atoms with Crippen LogP contribution in [0, 0.1) is 6.92 Å². The van der Waals surface area contributed by atoms with E-state index in [4.69, 9.17) is 4.74 Å². The van der Waals surface area contributed by atoms with E-state index in [0.29, 0.717) is 11.3 Å². The molecule has 0 saturated carbocycles. The number of ether oxygens (including phenoxy) is 1. The van der Waals surface area contributed by atoms with Gasteiger partial charge in [-0.05, 0) is 85.0 Å². The Bertz CT molecular complexity index is 1250. The van der Waals surface area contributed by atoms with Crippen LogP contribution in [-0.4, -0.2) is 28.5 Å². The minimum atomic E-state index is -3.68. The first-order chi connectivity index (χ1) is 16.1. The summed E-state index contributed by atoms with van der Waals surface area (Å²) in [5.74, 6) is 0.905. The van der Waals surface area contributed by atoms with Crippen LogP contribution in [0.4, 0.5) is 5.69 Å². The molecule has 0 spiro atoms. The fourth-order valence-electron chi connectivity index (χ4n) is 3.88. The third-order valence-corrected chi connectivity index (χ3v) is 7.75. The number of aryl methyl sites for hydroxylation is 1. The Balaban J connectivity index is 1.77. The van der Waals surface area contributed by atoms with Crippen molar-refractivity contribution < 1.29 is 17.9 Å². The predicted octanol–water partition coefficient (Wildman–Crippen LogP) is 5.44. The summed E-state index contributed by atoms with van der Waals surface area (Å²) in [5, 5.41) is 3.05. The summed E-state index contributed by atoms with van der Waals surface area (Å²) < 4.78 is 32.4. The molecule has 6 nitrogen and oxygen atoms in total. The molecule has 180 valence electrons. The number of hydrogen-bond donors (Lipinski definition) is 1. The van der Waals surface area contributed by atoms with Gasteiger partial charge in [0.1, 0.15) is 5.75 Å². The highest BCUT2D eigenvalue weighted by Crippen LogP contribution is 2.32. The third kappa shape index (κ3) is 5.25. The molecule has 3 aromatic rings. The smallest absolute Gasteiger partial charge is 0.264 e. The van der Waals surface area contributed by atoms with Gasteiger partial charge in [-0.3, -0.25) is 9.10 Å². The molecule has 34 heavy (non-hydrogen) atoms. The molecular weight excluding hydrogens is 448 g/mol. The molecule has 1 atom stereocenters. The van der Waals surface area contributed by atoms with Gasteiger partial charge >= 0.3 is 0 Å². The lowest BCUT2D eigenvalue weighted by Gasteiger charge is -2.22. The van der Waals surface area contributed by atoms with E-state index in [-0.39, 0.29) is 22.8 Å². The normalized spacial score (nSPS) is 12.3. The molecule has 0 aliphatic heterocycles. The van der Waals surface area contributed by atoms with Crippen molar-refractivity contribution in [3.05, 3.63) is 89.0 Å². The van der Waals surface area contributed by atoms with Crippen LogP contribution < -0.4 is 14.4 Å². The second-order valence-electron chi connectivity index (χ2n) is 8.63. The molecule has 1 amide bonds. The number of nitrogens with zero attached hydrogens (tertiary/aromatic N) is 1. The Labute approximate surface area is 202 Å². The van der Waals surface area contributed by atoms with Crippen LogP contribution in [0.1, 0.15) is 59.8 Å². The summed E-state index contributed by atoms with van der Waals surface area (Å²) in [7, 11) is -0.517. The molecule has 0 bridgehead atoms. The Morgan fingerprint density at radius 3 is 2.12 bits per heavy atom. The first-order valence-electron chi connectivity index (χ1n) is 11.2. The summed E-state index contributed by atoms with van der Waals surface area (Å²) in [6, 6.07) is 18.7. The highest BCUT2D eigenvalue weighted by Gasteiger charge is 2.22. The number of hydrogen-bond acceptors (Lipinski definition) is 4. The van der Waals surface area contributed by atoms with Gasteiger partial charge in [-0.2, -0.15) is 0 Å². The summed E-state index contributed by atoms with van der Waals surface area (Å²) in [6.45, 7) is 8.17. The lowest BCUT2D eigenvalue weighted by Crippen LogP contribution is -2.28. The summed E-state index contributed by atoms with van der Waals surface area (Å²) in [6.07, 6.45) is 0. The number of rotatable bonds is 8. The van der Waals surface area contributed by atoms with Crippen molar-refractivity contribution in [2.75, 3.05) is 18.5 Å². The number of amides is 1. The maximum Gasteiger partial charge on any atom is 0.264 e. The maximum atomic E-state index is 12.9. The zero-order valence-electron chi connectivity index (χ0n) is 20.5. The van der Waals surface area contributed by atoms with Crippen molar-refractivity contribution in [1.82, 2.24) is 5.32 Å². The van der Waals surface area contributed by atoms with E-state index in [0.717, 1.165) is 22.4 Å². The molecule has 0 heterocycles. The molecule has 1 unspecified atom stereocenters. The molecule has 0 aromatic heterocycles. The second kappa shape index (κ2) is 10.3. The highest BCUT2D eigenvalue weighted by molar-refractivity contribution is 7.92. The zero-order valence-corrected chi connectivity index (χ0v) is 21.3. The lowest BCUT2D eigenvalue weighted by molar-refractivity contribution is 0.0940. The SMILES string of the molecule is COc1cc(C)c(C(C)NC(=O)c2ccc(N(C)S(=O)(=O)c3ccccc3)cc2)cc1C(C)C. The van der Waals surface area contributed by atoms with Gasteiger partial charge in [-0.15, -0.1) is 0 Å². The lowest BCUT2D eigenvalue weighted by atomic mass is 9.93.